The summed E-state index contributed by atoms with van der Waals surface area (Å²) in [6.45, 7) is 3.54. The van der Waals surface area contributed by atoms with Crippen LogP contribution in [0.15, 0.2) is 18.2 Å². The zero-order chi connectivity index (χ0) is 13.1. The maximum atomic E-state index is 13.8. The number of hydrogen-bond acceptors (Lipinski definition) is 2. The Balaban J connectivity index is 0.00000180. The topological polar surface area (TPSA) is 29.3 Å². The number of benzene rings is 1. The van der Waals surface area contributed by atoms with Gasteiger partial charge in [0.2, 0.25) is 0 Å². The highest BCUT2D eigenvalue weighted by atomic mass is 35.5. The number of likely N-dealkylation sites (tertiary alicyclic amines) is 1. The van der Waals surface area contributed by atoms with Crippen LogP contribution in [0.4, 0.5) is 4.39 Å². The lowest BCUT2D eigenvalue weighted by atomic mass is 9.96. The van der Waals surface area contributed by atoms with Gasteiger partial charge in [-0.3, -0.25) is 4.90 Å². The van der Waals surface area contributed by atoms with Crippen LogP contribution in [-0.2, 0) is 6.54 Å². The zero-order valence-corrected chi connectivity index (χ0v) is 12.7. The molecule has 1 aliphatic heterocycles. The van der Waals surface area contributed by atoms with Crippen molar-refractivity contribution < 1.29 is 4.39 Å². The third-order valence-electron chi connectivity index (χ3n) is 3.69. The van der Waals surface area contributed by atoms with E-state index in [0.717, 1.165) is 19.4 Å². The first-order valence-electron chi connectivity index (χ1n) is 6.52. The average molecular weight is 307 g/mol. The molecule has 0 bridgehead atoms. The lowest BCUT2D eigenvalue weighted by molar-refractivity contribution is 0.121. The van der Waals surface area contributed by atoms with Gasteiger partial charge < -0.3 is 5.73 Å². The Morgan fingerprint density at radius 1 is 1.47 bits per heavy atom. The van der Waals surface area contributed by atoms with E-state index in [2.05, 4.69) is 4.90 Å². The summed E-state index contributed by atoms with van der Waals surface area (Å²) in [7, 11) is 0. The van der Waals surface area contributed by atoms with Crippen LogP contribution >= 0.6 is 24.0 Å². The summed E-state index contributed by atoms with van der Waals surface area (Å²) in [4.78, 5) is 2.26. The first-order valence-corrected chi connectivity index (χ1v) is 6.90. The molecular weight excluding hydrogens is 286 g/mol. The summed E-state index contributed by atoms with van der Waals surface area (Å²) < 4.78 is 13.8. The lowest BCUT2D eigenvalue weighted by Crippen LogP contribution is -2.48. The third-order valence-corrected chi connectivity index (χ3v) is 4.05. The molecule has 2 N–H and O–H groups in total. The summed E-state index contributed by atoms with van der Waals surface area (Å²) >= 11 is 6.08. The molecule has 0 spiro atoms. The Bertz CT molecular complexity index is 392. The minimum absolute atomic E-state index is 0. The normalized spacial score (nSPS) is 21.8. The van der Waals surface area contributed by atoms with Gasteiger partial charge in [-0.05, 0) is 38.4 Å². The quantitative estimate of drug-likeness (QED) is 0.924. The smallest absolute Gasteiger partial charge is 0.129 e. The van der Waals surface area contributed by atoms with Gasteiger partial charge >= 0.3 is 0 Å². The molecular formula is C14H21Cl2FN2. The number of nitrogens with two attached hydrogens (primary N) is 1. The Morgan fingerprint density at radius 3 is 2.84 bits per heavy atom. The van der Waals surface area contributed by atoms with Crippen molar-refractivity contribution in [2.75, 3.05) is 6.54 Å². The van der Waals surface area contributed by atoms with E-state index in [0.29, 0.717) is 23.2 Å². The van der Waals surface area contributed by atoms with Crippen molar-refractivity contribution in [1.82, 2.24) is 4.90 Å². The average Bonchev–Trinajstić information content (AvgIpc) is 2.34. The van der Waals surface area contributed by atoms with Gasteiger partial charge in [0.1, 0.15) is 5.82 Å². The Hall–Kier alpha value is -0.350. The molecule has 2 nitrogen and oxygen atoms in total. The number of halogens is 3. The van der Waals surface area contributed by atoms with Crippen LogP contribution in [0, 0.1) is 5.82 Å². The van der Waals surface area contributed by atoms with Crippen LogP contribution in [0.2, 0.25) is 5.02 Å². The molecule has 1 saturated heterocycles. The first-order chi connectivity index (χ1) is 8.59. The highest BCUT2D eigenvalue weighted by molar-refractivity contribution is 6.31. The molecule has 0 saturated carbocycles. The summed E-state index contributed by atoms with van der Waals surface area (Å²) in [6, 6.07) is 5.28. The minimum Gasteiger partial charge on any atom is -0.327 e. The fourth-order valence-electron chi connectivity index (χ4n) is 2.69. The molecule has 1 heterocycles. The minimum atomic E-state index is -0.225. The van der Waals surface area contributed by atoms with Gasteiger partial charge in [0.05, 0.1) is 0 Å². The van der Waals surface area contributed by atoms with Crippen molar-refractivity contribution in [3.05, 3.63) is 34.6 Å². The van der Waals surface area contributed by atoms with E-state index < -0.39 is 0 Å². The van der Waals surface area contributed by atoms with E-state index in [4.69, 9.17) is 17.3 Å². The SMILES string of the molecule is CC(N)C1CCCCN1Cc1c(F)cccc1Cl.Cl. The molecule has 5 heteroatoms. The standard InChI is InChI=1S/C14H20ClFN2.ClH/c1-10(17)14-7-2-3-8-18(14)9-11-12(15)5-4-6-13(11)16;/h4-6,10,14H,2-3,7-9,17H2,1H3;1H. The van der Waals surface area contributed by atoms with Gasteiger partial charge in [0, 0.05) is 29.2 Å². The number of nitrogens with zero attached hydrogens (tertiary/aromatic N) is 1. The molecule has 19 heavy (non-hydrogen) atoms. The van der Waals surface area contributed by atoms with Crippen molar-refractivity contribution in [1.29, 1.82) is 0 Å². The van der Waals surface area contributed by atoms with Crippen molar-refractivity contribution in [2.45, 2.75) is 44.8 Å². The van der Waals surface area contributed by atoms with Gasteiger partial charge in [-0.15, -0.1) is 12.4 Å². The first kappa shape index (κ1) is 16.7. The fraction of sp³-hybridized carbons (Fsp3) is 0.571. The summed E-state index contributed by atoms with van der Waals surface area (Å²) in [5.41, 5.74) is 6.61. The van der Waals surface area contributed by atoms with Crippen molar-refractivity contribution >= 4 is 24.0 Å². The number of piperidine rings is 1. The van der Waals surface area contributed by atoms with Crippen molar-refractivity contribution in [3.8, 4) is 0 Å². The van der Waals surface area contributed by atoms with Crippen LogP contribution in [0.25, 0.3) is 0 Å². The van der Waals surface area contributed by atoms with Gasteiger partial charge in [0.15, 0.2) is 0 Å². The van der Waals surface area contributed by atoms with Crippen molar-refractivity contribution in [2.24, 2.45) is 5.73 Å². The highest BCUT2D eigenvalue weighted by Crippen LogP contribution is 2.26. The Morgan fingerprint density at radius 2 is 2.21 bits per heavy atom. The van der Waals surface area contributed by atoms with E-state index in [1.54, 1.807) is 12.1 Å². The number of hydrogen-bond donors (Lipinski definition) is 1. The van der Waals surface area contributed by atoms with E-state index >= 15 is 0 Å². The largest absolute Gasteiger partial charge is 0.327 e. The summed E-state index contributed by atoms with van der Waals surface area (Å²) in [6.07, 6.45) is 3.44. The van der Waals surface area contributed by atoms with Crippen LogP contribution in [0.3, 0.4) is 0 Å². The van der Waals surface area contributed by atoms with Crippen LogP contribution in [-0.4, -0.2) is 23.5 Å². The summed E-state index contributed by atoms with van der Waals surface area (Å²) in [5, 5.41) is 0.504. The van der Waals surface area contributed by atoms with E-state index in [1.807, 2.05) is 6.92 Å². The molecule has 0 aromatic heterocycles. The molecule has 1 aliphatic rings. The summed E-state index contributed by atoms with van der Waals surface area (Å²) in [5.74, 6) is -0.225. The molecule has 1 fully saturated rings. The fourth-order valence-corrected chi connectivity index (χ4v) is 2.92. The highest BCUT2D eigenvalue weighted by Gasteiger charge is 2.26. The van der Waals surface area contributed by atoms with Gasteiger partial charge in [-0.1, -0.05) is 24.1 Å². The molecule has 2 atom stereocenters. The lowest BCUT2D eigenvalue weighted by Gasteiger charge is -2.38. The van der Waals surface area contributed by atoms with Gasteiger partial charge in [0.25, 0.3) is 0 Å². The molecule has 0 radical (unpaired) electrons. The van der Waals surface area contributed by atoms with Crippen LogP contribution in [0.1, 0.15) is 31.7 Å². The van der Waals surface area contributed by atoms with E-state index in [-0.39, 0.29) is 24.3 Å². The van der Waals surface area contributed by atoms with Crippen LogP contribution in [0.5, 0.6) is 0 Å². The van der Waals surface area contributed by atoms with E-state index in [9.17, 15) is 4.39 Å². The predicted molar refractivity (Wildman–Crippen MR) is 80.4 cm³/mol. The molecule has 1 aromatic carbocycles. The Labute approximate surface area is 125 Å². The maximum absolute atomic E-state index is 13.8. The monoisotopic (exact) mass is 306 g/mol. The zero-order valence-electron chi connectivity index (χ0n) is 11.1. The molecule has 0 aliphatic carbocycles. The Kier molecular flexibility index (Phi) is 6.54. The predicted octanol–water partition coefficient (Wildman–Crippen LogP) is 3.60. The second-order valence-electron chi connectivity index (χ2n) is 5.09. The van der Waals surface area contributed by atoms with Crippen molar-refractivity contribution in [3.63, 3.8) is 0 Å². The molecule has 2 unspecified atom stereocenters. The van der Waals surface area contributed by atoms with E-state index in [1.165, 1.54) is 12.5 Å². The second kappa shape index (κ2) is 7.44. The molecule has 2 rings (SSSR count). The molecule has 1 aromatic rings. The van der Waals surface area contributed by atoms with Gasteiger partial charge in [-0.2, -0.15) is 0 Å². The molecule has 0 amide bonds. The maximum Gasteiger partial charge on any atom is 0.129 e. The van der Waals surface area contributed by atoms with Crippen LogP contribution < -0.4 is 5.73 Å². The molecule has 108 valence electrons. The van der Waals surface area contributed by atoms with Gasteiger partial charge in [-0.25, -0.2) is 4.39 Å². The third kappa shape index (κ3) is 4.06. The number of rotatable bonds is 3. The second-order valence-corrected chi connectivity index (χ2v) is 5.50.